The second kappa shape index (κ2) is 4.89. The molecule has 2 rings (SSSR count). The quantitative estimate of drug-likeness (QED) is 0.787. The predicted molar refractivity (Wildman–Crippen MR) is 69.8 cm³/mol. The van der Waals surface area contributed by atoms with Gasteiger partial charge < -0.3 is 11.1 Å². The maximum absolute atomic E-state index is 11.9. The lowest BCUT2D eigenvalue weighted by Crippen LogP contribution is -2.15. The number of nitriles is 1. The molecular formula is C11H8BrN5O. The molecule has 0 aliphatic rings. The maximum atomic E-state index is 11.9. The summed E-state index contributed by atoms with van der Waals surface area (Å²) < 4.78 is 0.759. The number of amides is 1. The maximum Gasteiger partial charge on any atom is 0.275 e. The number of anilines is 2. The van der Waals surface area contributed by atoms with E-state index in [0.29, 0.717) is 11.3 Å². The van der Waals surface area contributed by atoms with E-state index in [1.807, 2.05) is 6.07 Å². The number of halogens is 1. The van der Waals surface area contributed by atoms with Crippen LogP contribution >= 0.6 is 15.9 Å². The Balaban J connectivity index is 2.30. The van der Waals surface area contributed by atoms with Crippen molar-refractivity contribution in [2.24, 2.45) is 0 Å². The molecule has 90 valence electrons. The summed E-state index contributed by atoms with van der Waals surface area (Å²) in [6, 6.07) is 6.97. The molecule has 2 aromatic rings. The van der Waals surface area contributed by atoms with Crippen molar-refractivity contribution >= 4 is 33.2 Å². The van der Waals surface area contributed by atoms with Gasteiger partial charge in [-0.1, -0.05) is 15.9 Å². The van der Waals surface area contributed by atoms with E-state index in [1.54, 1.807) is 18.2 Å². The highest BCUT2D eigenvalue weighted by molar-refractivity contribution is 9.10. The van der Waals surface area contributed by atoms with Crippen LogP contribution < -0.4 is 11.1 Å². The van der Waals surface area contributed by atoms with Gasteiger partial charge >= 0.3 is 0 Å². The molecule has 1 heterocycles. The minimum atomic E-state index is -0.445. The summed E-state index contributed by atoms with van der Waals surface area (Å²) in [5.74, 6) is -0.445. The van der Waals surface area contributed by atoms with Crippen molar-refractivity contribution in [3.8, 4) is 6.07 Å². The fourth-order valence-electron chi connectivity index (χ4n) is 1.38. The highest BCUT2D eigenvalue weighted by Crippen LogP contribution is 2.21. The Labute approximate surface area is 111 Å². The summed E-state index contributed by atoms with van der Waals surface area (Å²) in [5, 5.41) is 17.7. The SMILES string of the molecule is N#Cc1ccc(Br)cc1NC(=O)c1[nH]ncc1N. The van der Waals surface area contributed by atoms with Crippen LogP contribution in [-0.4, -0.2) is 16.1 Å². The molecule has 0 saturated heterocycles. The number of H-pyrrole nitrogens is 1. The Hall–Kier alpha value is -2.33. The predicted octanol–water partition coefficient (Wildman–Crippen LogP) is 1.88. The summed E-state index contributed by atoms with van der Waals surface area (Å²) in [5.41, 5.74) is 6.76. The van der Waals surface area contributed by atoms with Crippen LogP contribution in [0.25, 0.3) is 0 Å². The second-order valence-electron chi connectivity index (χ2n) is 3.46. The van der Waals surface area contributed by atoms with Crippen LogP contribution in [0.3, 0.4) is 0 Å². The van der Waals surface area contributed by atoms with Gasteiger partial charge in [0.05, 0.1) is 23.1 Å². The first kappa shape index (κ1) is 12.1. The lowest BCUT2D eigenvalue weighted by molar-refractivity contribution is 0.102. The van der Waals surface area contributed by atoms with Gasteiger partial charge in [-0.05, 0) is 18.2 Å². The van der Waals surface area contributed by atoms with Crippen molar-refractivity contribution in [3.05, 3.63) is 40.1 Å². The van der Waals surface area contributed by atoms with Crippen LogP contribution in [0, 0.1) is 11.3 Å². The molecule has 1 aromatic carbocycles. The number of nitrogens with one attached hydrogen (secondary N) is 2. The van der Waals surface area contributed by atoms with E-state index in [4.69, 9.17) is 11.0 Å². The Morgan fingerprint density at radius 2 is 2.33 bits per heavy atom. The number of nitrogens with two attached hydrogens (primary N) is 1. The van der Waals surface area contributed by atoms with Crippen molar-refractivity contribution in [2.75, 3.05) is 11.1 Å². The highest BCUT2D eigenvalue weighted by atomic mass is 79.9. The van der Waals surface area contributed by atoms with E-state index in [1.165, 1.54) is 6.20 Å². The van der Waals surface area contributed by atoms with Gasteiger partial charge in [-0.2, -0.15) is 10.4 Å². The highest BCUT2D eigenvalue weighted by Gasteiger charge is 2.13. The van der Waals surface area contributed by atoms with Gasteiger partial charge in [-0.3, -0.25) is 9.89 Å². The molecular weight excluding hydrogens is 298 g/mol. The largest absolute Gasteiger partial charge is 0.396 e. The van der Waals surface area contributed by atoms with E-state index in [2.05, 4.69) is 31.4 Å². The molecule has 0 aliphatic heterocycles. The average molecular weight is 306 g/mol. The van der Waals surface area contributed by atoms with Crippen molar-refractivity contribution < 1.29 is 4.79 Å². The summed E-state index contributed by atoms with van der Waals surface area (Å²) in [6.07, 6.45) is 1.35. The molecule has 0 unspecified atom stereocenters. The number of aromatic amines is 1. The zero-order valence-corrected chi connectivity index (χ0v) is 10.7. The van der Waals surface area contributed by atoms with Gasteiger partial charge in [0.2, 0.25) is 0 Å². The molecule has 6 nitrogen and oxygen atoms in total. The topological polar surface area (TPSA) is 108 Å². The van der Waals surface area contributed by atoms with Crippen molar-refractivity contribution in [3.63, 3.8) is 0 Å². The number of hydrogen-bond acceptors (Lipinski definition) is 4. The first-order chi connectivity index (χ1) is 8.61. The number of hydrogen-bond donors (Lipinski definition) is 3. The lowest BCUT2D eigenvalue weighted by atomic mass is 10.2. The molecule has 1 amide bonds. The number of carbonyl (C=O) groups is 1. The van der Waals surface area contributed by atoms with E-state index in [9.17, 15) is 4.79 Å². The number of benzene rings is 1. The normalized spacial score (nSPS) is 9.78. The smallest absolute Gasteiger partial charge is 0.275 e. The molecule has 0 aliphatic carbocycles. The average Bonchev–Trinajstić information content (AvgIpc) is 2.76. The van der Waals surface area contributed by atoms with Crippen LogP contribution in [0.1, 0.15) is 16.1 Å². The zero-order valence-electron chi connectivity index (χ0n) is 9.07. The Kier molecular flexibility index (Phi) is 3.30. The molecule has 0 fully saturated rings. The van der Waals surface area contributed by atoms with Crippen molar-refractivity contribution in [1.29, 1.82) is 5.26 Å². The Morgan fingerprint density at radius 3 is 2.94 bits per heavy atom. The van der Waals surface area contributed by atoms with Crippen molar-refractivity contribution in [1.82, 2.24) is 10.2 Å². The third-order valence-corrected chi connectivity index (χ3v) is 2.74. The number of rotatable bonds is 2. The Morgan fingerprint density at radius 1 is 1.56 bits per heavy atom. The summed E-state index contributed by atoms with van der Waals surface area (Å²) in [4.78, 5) is 11.9. The van der Waals surface area contributed by atoms with Crippen molar-refractivity contribution in [2.45, 2.75) is 0 Å². The van der Waals surface area contributed by atoms with Crippen LogP contribution in [0.5, 0.6) is 0 Å². The Bertz CT molecular complexity index is 643. The zero-order chi connectivity index (χ0) is 13.1. The second-order valence-corrected chi connectivity index (χ2v) is 4.37. The van der Waals surface area contributed by atoms with Gasteiger partial charge in [-0.25, -0.2) is 0 Å². The number of aromatic nitrogens is 2. The molecule has 0 bridgehead atoms. The van der Waals surface area contributed by atoms with Gasteiger partial charge in [0.15, 0.2) is 0 Å². The van der Waals surface area contributed by atoms with Gasteiger partial charge in [0.1, 0.15) is 11.8 Å². The third-order valence-electron chi connectivity index (χ3n) is 2.25. The van der Waals surface area contributed by atoms with Gasteiger partial charge in [0, 0.05) is 4.47 Å². The minimum absolute atomic E-state index is 0.166. The summed E-state index contributed by atoms with van der Waals surface area (Å²) in [6.45, 7) is 0. The standard InChI is InChI=1S/C11H8BrN5O/c12-7-2-1-6(4-13)9(3-7)16-11(18)10-8(14)5-15-17-10/h1-3,5H,14H2,(H,15,17)(H,16,18). The molecule has 1 aromatic heterocycles. The molecule has 0 spiro atoms. The third kappa shape index (κ3) is 2.33. The van der Waals surface area contributed by atoms with Crippen LogP contribution in [0.4, 0.5) is 11.4 Å². The fourth-order valence-corrected chi connectivity index (χ4v) is 1.74. The molecule has 18 heavy (non-hydrogen) atoms. The van der Waals surface area contributed by atoms with E-state index >= 15 is 0 Å². The summed E-state index contributed by atoms with van der Waals surface area (Å²) in [7, 11) is 0. The fraction of sp³-hybridized carbons (Fsp3) is 0. The summed E-state index contributed by atoms with van der Waals surface area (Å²) >= 11 is 3.27. The van der Waals surface area contributed by atoms with Gasteiger partial charge in [-0.15, -0.1) is 0 Å². The first-order valence-corrected chi connectivity index (χ1v) is 5.71. The molecule has 4 N–H and O–H groups in total. The first-order valence-electron chi connectivity index (χ1n) is 4.91. The van der Waals surface area contributed by atoms with Gasteiger partial charge in [0.25, 0.3) is 5.91 Å². The number of carbonyl (C=O) groups excluding carboxylic acids is 1. The van der Waals surface area contributed by atoms with Crippen LogP contribution in [-0.2, 0) is 0 Å². The van der Waals surface area contributed by atoms with Crippen LogP contribution in [0.2, 0.25) is 0 Å². The molecule has 0 saturated carbocycles. The lowest BCUT2D eigenvalue weighted by Gasteiger charge is -2.06. The van der Waals surface area contributed by atoms with E-state index in [0.717, 1.165) is 4.47 Å². The van der Waals surface area contributed by atoms with E-state index in [-0.39, 0.29) is 11.4 Å². The molecule has 7 heteroatoms. The number of nitrogen functional groups attached to an aromatic ring is 1. The molecule has 0 atom stereocenters. The number of nitrogens with zero attached hydrogens (tertiary/aromatic N) is 2. The monoisotopic (exact) mass is 305 g/mol. The molecule has 0 radical (unpaired) electrons. The minimum Gasteiger partial charge on any atom is -0.396 e. The van der Waals surface area contributed by atoms with E-state index < -0.39 is 5.91 Å². The van der Waals surface area contributed by atoms with Crippen LogP contribution in [0.15, 0.2) is 28.9 Å².